The van der Waals surface area contributed by atoms with Gasteiger partial charge >= 0.3 is 0 Å². The summed E-state index contributed by atoms with van der Waals surface area (Å²) in [7, 11) is 0. The van der Waals surface area contributed by atoms with Gasteiger partial charge in [-0.1, -0.05) is 19.8 Å². The highest BCUT2D eigenvalue weighted by Crippen LogP contribution is 2.38. The normalized spacial score (nSPS) is 26.1. The van der Waals surface area contributed by atoms with E-state index in [4.69, 9.17) is 0 Å². The molecule has 1 fully saturated rings. The first-order valence-electron chi connectivity index (χ1n) is 6.26. The Morgan fingerprint density at radius 1 is 1.38 bits per heavy atom. The van der Waals surface area contributed by atoms with Crippen molar-refractivity contribution < 1.29 is 0 Å². The molecule has 0 bridgehead atoms. The fourth-order valence-corrected chi connectivity index (χ4v) is 3.03. The lowest BCUT2D eigenvalue weighted by Crippen LogP contribution is -2.11. The van der Waals surface area contributed by atoms with Crippen molar-refractivity contribution in [1.82, 2.24) is 9.97 Å². The molecule has 16 heavy (non-hydrogen) atoms. The van der Waals surface area contributed by atoms with Gasteiger partial charge in [0.25, 0.3) is 0 Å². The molecular formula is C14H18N2. The first-order valence-corrected chi connectivity index (χ1v) is 6.26. The average molecular weight is 214 g/mol. The van der Waals surface area contributed by atoms with Crippen LogP contribution in [0.15, 0.2) is 24.5 Å². The highest BCUT2D eigenvalue weighted by atomic mass is 14.8. The largest absolute Gasteiger partial charge is 0.346 e. The average Bonchev–Trinajstić information content (AvgIpc) is 2.72. The summed E-state index contributed by atoms with van der Waals surface area (Å²) in [6.45, 7) is 2.37. The van der Waals surface area contributed by atoms with Gasteiger partial charge in [0.15, 0.2) is 0 Å². The molecule has 1 aliphatic rings. The molecule has 2 aromatic heterocycles. The number of hydrogen-bond donors (Lipinski definition) is 1. The van der Waals surface area contributed by atoms with Gasteiger partial charge in [-0.25, -0.2) is 4.98 Å². The minimum atomic E-state index is 0.738. The first kappa shape index (κ1) is 9.88. The van der Waals surface area contributed by atoms with Crippen LogP contribution in [0.2, 0.25) is 0 Å². The summed E-state index contributed by atoms with van der Waals surface area (Å²) in [5.41, 5.74) is 2.52. The zero-order valence-corrected chi connectivity index (χ0v) is 9.74. The summed E-state index contributed by atoms with van der Waals surface area (Å²) in [5.74, 6) is 1.61. The van der Waals surface area contributed by atoms with Gasteiger partial charge in [-0.15, -0.1) is 0 Å². The number of nitrogens with one attached hydrogen (secondary N) is 1. The molecule has 3 rings (SSSR count). The van der Waals surface area contributed by atoms with E-state index in [0.717, 1.165) is 17.5 Å². The Morgan fingerprint density at radius 3 is 3.19 bits per heavy atom. The van der Waals surface area contributed by atoms with Gasteiger partial charge in [-0.05, 0) is 42.4 Å². The minimum absolute atomic E-state index is 0.738. The zero-order chi connectivity index (χ0) is 11.0. The van der Waals surface area contributed by atoms with Crippen molar-refractivity contribution in [3.05, 3.63) is 30.1 Å². The third kappa shape index (κ3) is 1.62. The number of aromatic nitrogens is 2. The summed E-state index contributed by atoms with van der Waals surface area (Å²) < 4.78 is 0. The summed E-state index contributed by atoms with van der Waals surface area (Å²) in [4.78, 5) is 7.65. The van der Waals surface area contributed by atoms with Gasteiger partial charge in [0.1, 0.15) is 5.65 Å². The lowest BCUT2D eigenvalue weighted by Gasteiger charge is -2.26. The fourth-order valence-electron chi connectivity index (χ4n) is 3.03. The zero-order valence-electron chi connectivity index (χ0n) is 9.74. The number of aromatic amines is 1. The Balaban J connectivity index is 1.99. The monoisotopic (exact) mass is 214 g/mol. The van der Waals surface area contributed by atoms with E-state index in [-0.39, 0.29) is 0 Å². The lowest BCUT2D eigenvalue weighted by molar-refractivity contribution is 0.345. The van der Waals surface area contributed by atoms with Crippen molar-refractivity contribution in [2.75, 3.05) is 0 Å². The second-order valence-corrected chi connectivity index (χ2v) is 5.11. The second-order valence-electron chi connectivity index (χ2n) is 5.11. The summed E-state index contributed by atoms with van der Waals surface area (Å²) in [6, 6.07) is 4.22. The Hall–Kier alpha value is -1.31. The van der Waals surface area contributed by atoms with E-state index >= 15 is 0 Å². The number of rotatable bonds is 1. The van der Waals surface area contributed by atoms with Crippen LogP contribution in [-0.2, 0) is 0 Å². The predicted molar refractivity (Wildman–Crippen MR) is 66.5 cm³/mol. The maximum atomic E-state index is 4.36. The summed E-state index contributed by atoms with van der Waals surface area (Å²) in [5, 5.41) is 1.32. The van der Waals surface area contributed by atoms with Crippen LogP contribution in [0.3, 0.4) is 0 Å². The molecule has 0 spiro atoms. The van der Waals surface area contributed by atoms with Crippen LogP contribution in [0.25, 0.3) is 11.0 Å². The molecule has 1 saturated carbocycles. The van der Waals surface area contributed by atoms with Crippen molar-refractivity contribution in [2.45, 2.75) is 38.5 Å². The molecule has 1 N–H and O–H groups in total. The molecule has 0 radical (unpaired) electrons. The van der Waals surface area contributed by atoms with E-state index in [2.05, 4.69) is 29.2 Å². The molecule has 0 aliphatic heterocycles. The van der Waals surface area contributed by atoms with Crippen LogP contribution in [0.1, 0.15) is 44.1 Å². The number of fused-ring (bicyclic) bond motifs is 1. The molecular weight excluding hydrogens is 196 g/mol. The third-order valence-corrected chi connectivity index (χ3v) is 3.86. The molecule has 2 heterocycles. The maximum absolute atomic E-state index is 4.36. The summed E-state index contributed by atoms with van der Waals surface area (Å²) >= 11 is 0. The van der Waals surface area contributed by atoms with Crippen molar-refractivity contribution in [3.63, 3.8) is 0 Å². The molecule has 1 unspecified atom stereocenters. The molecule has 2 heteroatoms. The topological polar surface area (TPSA) is 28.7 Å². The Bertz CT molecular complexity index is 486. The van der Waals surface area contributed by atoms with Gasteiger partial charge in [0, 0.05) is 17.8 Å². The Kier molecular flexibility index (Phi) is 2.43. The second kappa shape index (κ2) is 3.93. The Morgan fingerprint density at radius 2 is 2.31 bits per heavy atom. The molecule has 1 aliphatic carbocycles. The Labute approximate surface area is 96.1 Å². The van der Waals surface area contributed by atoms with Crippen molar-refractivity contribution in [3.8, 4) is 0 Å². The number of pyridine rings is 1. The molecule has 0 saturated heterocycles. The van der Waals surface area contributed by atoms with Gasteiger partial charge in [-0.2, -0.15) is 0 Å². The molecule has 2 aromatic rings. The van der Waals surface area contributed by atoms with Crippen molar-refractivity contribution in [1.29, 1.82) is 0 Å². The van der Waals surface area contributed by atoms with Gasteiger partial charge in [-0.3, -0.25) is 0 Å². The van der Waals surface area contributed by atoms with Crippen LogP contribution in [0, 0.1) is 5.92 Å². The van der Waals surface area contributed by atoms with E-state index in [1.807, 2.05) is 12.3 Å². The van der Waals surface area contributed by atoms with Crippen LogP contribution in [0.4, 0.5) is 0 Å². The van der Waals surface area contributed by atoms with Crippen LogP contribution in [-0.4, -0.2) is 9.97 Å². The number of H-pyrrole nitrogens is 1. The van der Waals surface area contributed by atoms with Gasteiger partial charge in [0.2, 0.25) is 0 Å². The summed E-state index contributed by atoms with van der Waals surface area (Å²) in [6.07, 6.45) is 9.47. The van der Waals surface area contributed by atoms with E-state index in [1.165, 1.54) is 36.6 Å². The fraction of sp³-hybridized carbons (Fsp3) is 0.500. The standard InChI is InChI=1S/C14H18N2/c1-10-4-2-5-11(8-10)13-9-16-14-12(13)6-3-7-15-14/h3,6-7,9-11H,2,4-5,8H2,1H3,(H,15,16)/t10-,11?/m0/s1. The lowest BCUT2D eigenvalue weighted by atomic mass is 9.79. The molecule has 2 atom stereocenters. The van der Waals surface area contributed by atoms with E-state index in [1.54, 1.807) is 0 Å². The SMILES string of the molecule is C[C@H]1CCCC(c2c[nH]c3ncccc23)C1. The quantitative estimate of drug-likeness (QED) is 0.767. The van der Waals surface area contributed by atoms with E-state index in [9.17, 15) is 0 Å². The van der Waals surface area contributed by atoms with E-state index in [0.29, 0.717) is 0 Å². The first-order chi connectivity index (χ1) is 7.84. The van der Waals surface area contributed by atoms with Crippen LogP contribution in [0.5, 0.6) is 0 Å². The smallest absolute Gasteiger partial charge is 0.137 e. The number of hydrogen-bond acceptors (Lipinski definition) is 1. The predicted octanol–water partition coefficient (Wildman–Crippen LogP) is 3.86. The molecule has 0 amide bonds. The molecule has 0 aromatic carbocycles. The number of nitrogens with zero attached hydrogens (tertiary/aromatic N) is 1. The maximum Gasteiger partial charge on any atom is 0.137 e. The highest BCUT2D eigenvalue weighted by Gasteiger charge is 2.22. The highest BCUT2D eigenvalue weighted by molar-refractivity contribution is 5.80. The third-order valence-electron chi connectivity index (χ3n) is 3.86. The minimum Gasteiger partial charge on any atom is -0.346 e. The van der Waals surface area contributed by atoms with Crippen molar-refractivity contribution >= 4 is 11.0 Å². The van der Waals surface area contributed by atoms with Gasteiger partial charge < -0.3 is 4.98 Å². The molecule has 2 nitrogen and oxygen atoms in total. The van der Waals surface area contributed by atoms with Gasteiger partial charge in [0.05, 0.1) is 0 Å². The molecule has 84 valence electrons. The van der Waals surface area contributed by atoms with E-state index < -0.39 is 0 Å². The van der Waals surface area contributed by atoms with Crippen molar-refractivity contribution in [2.24, 2.45) is 5.92 Å². The van der Waals surface area contributed by atoms with Crippen LogP contribution >= 0.6 is 0 Å². The van der Waals surface area contributed by atoms with Crippen LogP contribution < -0.4 is 0 Å².